The van der Waals surface area contributed by atoms with Gasteiger partial charge in [-0.25, -0.2) is 0 Å². The van der Waals surface area contributed by atoms with E-state index in [0.29, 0.717) is 48.7 Å². The van der Waals surface area contributed by atoms with E-state index in [1.165, 1.54) is 7.11 Å². The molecular weight excluding hydrogens is 410 g/mol. The van der Waals surface area contributed by atoms with Crippen LogP contribution in [-0.4, -0.2) is 56.1 Å². The Balaban J connectivity index is 1.42. The van der Waals surface area contributed by atoms with Gasteiger partial charge >= 0.3 is 0 Å². The predicted molar refractivity (Wildman–Crippen MR) is 119 cm³/mol. The van der Waals surface area contributed by atoms with Crippen LogP contribution in [0.2, 0.25) is 0 Å². The molecule has 1 saturated heterocycles. The lowest BCUT2D eigenvalue weighted by molar-refractivity contribution is -0.137. The van der Waals surface area contributed by atoms with Gasteiger partial charge in [0.2, 0.25) is 5.75 Å². The molecule has 1 spiro atoms. The highest BCUT2D eigenvalue weighted by Gasteiger charge is 2.45. The lowest BCUT2D eigenvalue weighted by Crippen LogP contribution is -2.53. The van der Waals surface area contributed by atoms with Crippen molar-refractivity contribution in [1.29, 1.82) is 0 Å². The van der Waals surface area contributed by atoms with Gasteiger partial charge in [0.1, 0.15) is 11.4 Å². The maximum Gasteiger partial charge on any atom is 0.260 e. The second kappa shape index (κ2) is 8.73. The number of hydrogen-bond donors (Lipinski definition) is 0. The topological polar surface area (TPSA) is 74.3 Å². The number of likely N-dealkylation sites (tertiary alicyclic amines) is 1. The van der Waals surface area contributed by atoms with Crippen LogP contribution < -0.4 is 18.9 Å². The minimum Gasteiger partial charge on any atom is -0.493 e. The molecule has 32 heavy (non-hydrogen) atoms. The Morgan fingerprint density at radius 2 is 1.81 bits per heavy atom. The van der Waals surface area contributed by atoms with E-state index in [4.69, 9.17) is 18.9 Å². The first-order chi connectivity index (χ1) is 15.4. The number of hydrogen-bond acceptors (Lipinski definition) is 6. The van der Waals surface area contributed by atoms with Crippen LogP contribution in [0.15, 0.2) is 30.3 Å². The molecule has 2 aromatic rings. The number of benzene rings is 2. The van der Waals surface area contributed by atoms with Crippen molar-refractivity contribution in [2.75, 3.05) is 33.9 Å². The summed E-state index contributed by atoms with van der Waals surface area (Å²) in [6.07, 6.45) is 1.41. The molecule has 170 valence electrons. The fourth-order valence-electron chi connectivity index (χ4n) is 4.41. The molecule has 0 N–H and O–H groups in total. The third-order valence-electron chi connectivity index (χ3n) is 6.54. The summed E-state index contributed by atoms with van der Waals surface area (Å²) < 4.78 is 23.0. The summed E-state index contributed by atoms with van der Waals surface area (Å²) in [5.74, 6) is 2.06. The largest absolute Gasteiger partial charge is 0.493 e. The van der Waals surface area contributed by atoms with Gasteiger partial charge in [0, 0.05) is 25.9 Å². The number of nitrogens with zero attached hydrogens (tertiary/aromatic N) is 1. The Kier molecular flexibility index (Phi) is 6.00. The van der Waals surface area contributed by atoms with Crippen molar-refractivity contribution in [3.05, 3.63) is 47.0 Å². The summed E-state index contributed by atoms with van der Waals surface area (Å²) in [4.78, 5) is 27.4. The molecule has 2 heterocycles. The number of aryl methyl sites for hydroxylation is 1. The first kappa shape index (κ1) is 22.0. The van der Waals surface area contributed by atoms with Crippen molar-refractivity contribution >= 4 is 11.7 Å². The van der Waals surface area contributed by atoms with Crippen molar-refractivity contribution in [3.63, 3.8) is 0 Å². The zero-order chi connectivity index (χ0) is 22.9. The number of fused-ring (bicyclic) bond motifs is 1. The average molecular weight is 440 g/mol. The molecular formula is C25H29NO6. The highest BCUT2D eigenvalue weighted by atomic mass is 16.5. The van der Waals surface area contributed by atoms with E-state index < -0.39 is 5.60 Å². The van der Waals surface area contributed by atoms with Gasteiger partial charge in [0.05, 0.1) is 26.2 Å². The maximum absolute atomic E-state index is 12.9. The average Bonchev–Trinajstić information content (AvgIpc) is 2.79. The number of carbonyl (C=O) groups excluding carboxylic acids is 2. The molecule has 7 nitrogen and oxygen atoms in total. The quantitative estimate of drug-likeness (QED) is 0.707. The third-order valence-corrected chi connectivity index (χ3v) is 6.54. The first-order valence-corrected chi connectivity index (χ1v) is 10.8. The maximum atomic E-state index is 12.9. The molecule has 0 unspecified atom stereocenters. The molecule has 2 aliphatic rings. The first-order valence-electron chi connectivity index (χ1n) is 10.8. The van der Waals surface area contributed by atoms with E-state index in [9.17, 15) is 9.59 Å². The SMILES string of the molecule is COc1ccc2c(c1OC)OC1(CCN(C(=O)COc3cccc(C)c3C)CC1)CC2=O. The number of Topliss-reactive ketones (excluding diaryl/α,β-unsaturated/α-hetero) is 1. The van der Waals surface area contributed by atoms with Crippen molar-refractivity contribution < 1.29 is 28.5 Å². The van der Waals surface area contributed by atoms with Crippen LogP contribution >= 0.6 is 0 Å². The zero-order valence-corrected chi connectivity index (χ0v) is 19.0. The Hall–Kier alpha value is -3.22. The number of rotatable bonds is 5. The van der Waals surface area contributed by atoms with Gasteiger partial charge in [-0.2, -0.15) is 0 Å². The number of methoxy groups -OCH3 is 2. The monoisotopic (exact) mass is 439 g/mol. The second-order valence-electron chi connectivity index (χ2n) is 8.43. The number of ether oxygens (including phenoxy) is 4. The lowest BCUT2D eigenvalue weighted by Gasteiger charge is -2.44. The van der Waals surface area contributed by atoms with E-state index in [1.54, 1.807) is 24.1 Å². The third kappa shape index (κ3) is 3.99. The molecule has 0 atom stereocenters. The molecule has 4 rings (SSSR count). The lowest BCUT2D eigenvalue weighted by atomic mass is 9.82. The van der Waals surface area contributed by atoms with E-state index in [2.05, 4.69) is 0 Å². The zero-order valence-electron chi connectivity index (χ0n) is 19.0. The number of carbonyl (C=O) groups is 2. The van der Waals surface area contributed by atoms with Crippen LogP contribution in [0.5, 0.6) is 23.0 Å². The van der Waals surface area contributed by atoms with Gasteiger partial charge in [0.15, 0.2) is 23.9 Å². The van der Waals surface area contributed by atoms with E-state index >= 15 is 0 Å². The number of piperidine rings is 1. The normalized spacial score (nSPS) is 16.9. The number of ketones is 1. The van der Waals surface area contributed by atoms with Gasteiger partial charge < -0.3 is 23.8 Å². The highest BCUT2D eigenvalue weighted by molar-refractivity contribution is 6.01. The predicted octanol–water partition coefficient (Wildman–Crippen LogP) is 3.73. The smallest absolute Gasteiger partial charge is 0.260 e. The molecule has 2 aliphatic heterocycles. The molecule has 0 radical (unpaired) electrons. The molecule has 1 amide bonds. The van der Waals surface area contributed by atoms with Crippen LogP contribution in [0.25, 0.3) is 0 Å². The highest BCUT2D eigenvalue weighted by Crippen LogP contribution is 2.47. The van der Waals surface area contributed by atoms with Crippen molar-refractivity contribution in [1.82, 2.24) is 4.90 Å². The Bertz CT molecular complexity index is 1040. The van der Waals surface area contributed by atoms with Crippen LogP contribution in [-0.2, 0) is 4.79 Å². The Morgan fingerprint density at radius 1 is 1.06 bits per heavy atom. The van der Waals surface area contributed by atoms with E-state index in [-0.39, 0.29) is 24.7 Å². The minimum atomic E-state index is -0.644. The van der Waals surface area contributed by atoms with Crippen LogP contribution in [0.4, 0.5) is 0 Å². The summed E-state index contributed by atoms with van der Waals surface area (Å²) in [6, 6.07) is 9.25. The summed E-state index contributed by atoms with van der Waals surface area (Å²) in [5.41, 5.74) is 2.03. The molecule has 7 heteroatoms. The second-order valence-corrected chi connectivity index (χ2v) is 8.43. The molecule has 0 bridgehead atoms. The van der Waals surface area contributed by atoms with Gasteiger partial charge in [-0.1, -0.05) is 12.1 Å². The minimum absolute atomic E-state index is 0.00899. The Morgan fingerprint density at radius 3 is 2.50 bits per heavy atom. The number of amides is 1. The summed E-state index contributed by atoms with van der Waals surface area (Å²) in [5, 5.41) is 0. The van der Waals surface area contributed by atoms with Crippen molar-refractivity contribution in [2.24, 2.45) is 0 Å². The van der Waals surface area contributed by atoms with Crippen LogP contribution in [0.1, 0.15) is 40.7 Å². The summed E-state index contributed by atoms with van der Waals surface area (Å²) in [6.45, 7) is 5.00. The van der Waals surface area contributed by atoms with Gasteiger partial charge in [-0.15, -0.1) is 0 Å². The van der Waals surface area contributed by atoms with Crippen molar-refractivity contribution in [2.45, 2.75) is 38.7 Å². The van der Waals surface area contributed by atoms with Gasteiger partial charge in [0.25, 0.3) is 5.91 Å². The molecule has 0 saturated carbocycles. The van der Waals surface area contributed by atoms with E-state index in [0.717, 1.165) is 16.9 Å². The van der Waals surface area contributed by atoms with Gasteiger partial charge in [-0.3, -0.25) is 9.59 Å². The molecule has 2 aromatic carbocycles. The van der Waals surface area contributed by atoms with Gasteiger partial charge in [-0.05, 0) is 43.2 Å². The van der Waals surface area contributed by atoms with E-state index in [1.807, 2.05) is 32.0 Å². The fourth-order valence-corrected chi connectivity index (χ4v) is 4.41. The molecule has 0 aromatic heterocycles. The summed E-state index contributed by atoms with van der Waals surface area (Å²) in [7, 11) is 3.08. The van der Waals surface area contributed by atoms with Crippen LogP contribution in [0, 0.1) is 13.8 Å². The Labute approximate surface area is 188 Å². The molecule has 1 fully saturated rings. The van der Waals surface area contributed by atoms with Crippen LogP contribution in [0.3, 0.4) is 0 Å². The summed E-state index contributed by atoms with van der Waals surface area (Å²) >= 11 is 0. The standard InChI is InChI=1S/C25H29NO6/c1-16-6-5-7-20(17(16)2)31-15-22(28)26-12-10-25(11-13-26)14-19(27)18-8-9-21(29-3)24(30-4)23(18)32-25/h5-9H,10-15H2,1-4H3. The fraction of sp³-hybridized carbons (Fsp3) is 0.440. The molecule has 0 aliphatic carbocycles. The van der Waals surface area contributed by atoms with Crippen molar-refractivity contribution in [3.8, 4) is 23.0 Å².